The second-order valence-corrected chi connectivity index (χ2v) is 5.72. The minimum Gasteiger partial charge on any atom is -0.382 e. The number of aromatic nitrogens is 2. The zero-order valence-electron chi connectivity index (χ0n) is 15.3. The summed E-state index contributed by atoms with van der Waals surface area (Å²) in [6, 6.07) is 0. The van der Waals surface area contributed by atoms with Crippen LogP contribution in [-0.4, -0.2) is 73.0 Å². The average molecular weight is 464 g/mol. The summed E-state index contributed by atoms with van der Waals surface area (Å²) in [7, 11) is 3.60. The number of hydrogen-bond donors (Lipinski definition) is 1. The van der Waals surface area contributed by atoms with Crippen molar-refractivity contribution >= 4 is 41.5 Å². The van der Waals surface area contributed by atoms with Crippen LogP contribution in [0.25, 0.3) is 0 Å². The molecule has 1 aromatic heterocycles. The van der Waals surface area contributed by atoms with Crippen LogP contribution in [0.1, 0.15) is 19.8 Å². The Bertz CT molecular complexity index is 563. The highest BCUT2D eigenvalue weighted by Crippen LogP contribution is 2.15. The van der Waals surface area contributed by atoms with Gasteiger partial charge in [0.2, 0.25) is 5.91 Å². The molecule has 0 spiro atoms. The first-order chi connectivity index (χ1) is 11.7. The maximum absolute atomic E-state index is 12.4. The minimum absolute atomic E-state index is 0. The first-order valence-electron chi connectivity index (χ1n) is 8.48. The van der Waals surface area contributed by atoms with E-state index in [1.54, 1.807) is 22.8 Å². The van der Waals surface area contributed by atoms with Gasteiger partial charge in [-0.05, 0) is 19.8 Å². The maximum atomic E-state index is 12.4. The lowest BCUT2D eigenvalue weighted by atomic mass is 10.3. The highest BCUT2D eigenvalue weighted by Gasteiger charge is 2.27. The van der Waals surface area contributed by atoms with Gasteiger partial charge in [0.15, 0.2) is 5.96 Å². The Morgan fingerprint density at radius 1 is 1.40 bits per heavy atom. The van der Waals surface area contributed by atoms with Crippen molar-refractivity contribution in [2.24, 2.45) is 12.0 Å². The summed E-state index contributed by atoms with van der Waals surface area (Å²) in [5.74, 6) is 0.846. The second-order valence-electron chi connectivity index (χ2n) is 5.72. The Morgan fingerprint density at radius 2 is 2.20 bits per heavy atom. The number of ether oxygens (including phenoxy) is 1. The molecular formula is C16H29IN6O2. The van der Waals surface area contributed by atoms with E-state index in [0.29, 0.717) is 13.1 Å². The summed E-state index contributed by atoms with van der Waals surface area (Å²) < 4.78 is 7.03. The molecule has 0 saturated carbocycles. The Labute approximate surface area is 166 Å². The van der Waals surface area contributed by atoms with E-state index in [-0.39, 0.29) is 29.9 Å². The van der Waals surface area contributed by atoms with Gasteiger partial charge in [-0.2, -0.15) is 5.10 Å². The fraction of sp³-hybridized carbons (Fsp3) is 0.688. The molecule has 0 bridgehead atoms. The van der Waals surface area contributed by atoms with Crippen LogP contribution in [0.4, 0.5) is 5.69 Å². The molecule has 2 rings (SSSR count). The van der Waals surface area contributed by atoms with Gasteiger partial charge < -0.3 is 19.9 Å². The maximum Gasteiger partial charge on any atom is 0.246 e. The van der Waals surface area contributed by atoms with E-state index < -0.39 is 0 Å². The number of nitrogens with one attached hydrogen (secondary N) is 1. The molecule has 0 aromatic carbocycles. The monoisotopic (exact) mass is 464 g/mol. The second kappa shape index (κ2) is 11.3. The molecule has 0 radical (unpaired) electrons. The molecule has 2 heterocycles. The standard InChI is InChI=1S/C16H28N6O2.HI/c1-4-24-10-6-5-7-18-16(17-2)21-8-9-22(15(23)13-21)14-11-19-20(3)12-14;/h11-12H,4-10,13H2,1-3H3,(H,17,18);1H. The van der Waals surface area contributed by atoms with Crippen LogP contribution < -0.4 is 10.2 Å². The lowest BCUT2D eigenvalue weighted by molar-refractivity contribution is -0.120. The SMILES string of the molecule is CCOCCCCNC(=NC)N1CCN(c2cnn(C)c2)C(=O)C1.I. The van der Waals surface area contributed by atoms with Crippen LogP contribution in [0.2, 0.25) is 0 Å². The van der Waals surface area contributed by atoms with Gasteiger partial charge in [0.05, 0.1) is 11.9 Å². The summed E-state index contributed by atoms with van der Waals surface area (Å²) in [6.07, 6.45) is 5.62. The van der Waals surface area contributed by atoms with Crippen molar-refractivity contribution in [2.45, 2.75) is 19.8 Å². The molecule has 8 nitrogen and oxygen atoms in total. The Morgan fingerprint density at radius 3 is 2.80 bits per heavy atom. The molecule has 1 saturated heterocycles. The molecule has 25 heavy (non-hydrogen) atoms. The number of halogens is 1. The van der Waals surface area contributed by atoms with Crippen molar-refractivity contribution < 1.29 is 9.53 Å². The van der Waals surface area contributed by atoms with E-state index in [4.69, 9.17) is 4.74 Å². The molecule has 0 unspecified atom stereocenters. The zero-order chi connectivity index (χ0) is 17.4. The van der Waals surface area contributed by atoms with E-state index >= 15 is 0 Å². The van der Waals surface area contributed by atoms with Crippen LogP contribution in [0.5, 0.6) is 0 Å². The quantitative estimate of drug-likeness (QED) is 0.283. The summed E-state index contributed by atoms with van der Waals surface area (Å²) in [5, 5.41) is 7.46. The van der Waals surface area contributed by atoms with E-state index in [1.165, 1.54) is 0 Å². The van der Waals surface area contributed by atoms with E-state index in [9.17, 15) is 4.79 Å². The first kappa shape index (κ1) is 21.7. The van der Waals surface area contributed by atoms with Gasteiger partial charge in [-0.1, -0.05) is 0 Å². The number of aliphatic imine (C=N–C) groups is 1. The predicted molar refractivity (Wildman–Crippen MR) is 110 cm³/mol. The number of guanidine groups is 1. The van der Waals surface area contributed by atoms with Gasteiger partial charge in [0, 0.05) is 53.1 Å². The van der Waals surface area contributed by atoms with E-state index in [1.807, 2.05) is 25.1 Å². The third-order valence-electron chi connectivity index (χ3n) is 3.94. The lowest BCUT2D eigenvalue weighted by Gasteiger charge is -2.35. The number of piperazine rings is 1. The molecule has 0 atom stereocenters. The lowest BCUT2D eigenvalue weighted by Crippen LogP contribution is -2.55. The number of aryl methyl sites for hydroxylation is 1. The van der Waals surface area contributed by atoms with Gasteiger partial charge in [-0.3, -0.25) is 14.5 Å². The van der Waals surface area contributed by atoms with Crippen LogP contribution in [0, 0.1) is 0 Å². The predicted octanol–water partition coefficient (Wildman–Crippen LogP) is 1.08. The van der Waals surface area contributed by atoms with Crippen LogP contribution >= 0.6 is 24.0 Å². The summed E-state index contributed by atoms with van der Waals surface area (Å²) in [5.41, 5.74) is 0.848. The number of hydrogen-bond acceptors (Lipinski definition) is 4. The summed E-state index contributed by atoms with van der Waals surface area (Å²) in [4.78, 5) is 20.5. The fourth-order valence-corrected chi connectivity index (χ4v) is 2.68. The van der Waals surface area contributed by atoms with Crippen molar-refractivity contribution in [1.29, 1.82) is 0 Å². The molecule has 0 aliphatic carbocycles. The number of anilines is 1. The molecule has 1 fully saturated rings. The van der Waals surface area contributed by atoms with Gasteiger partial charge in [-0.25, -0.2) is 0 Å². The number of rotatable bonds is 7. The third kappa shape index (κ3) is 6.46. The van der Waals surface area contributed by atoms with Crippen molar-refractivity contribution in [3.05, 3.63) is 12.4 Å². The summed E-state index contributed by atoms with van der Waals surface area (Å²) >= 11 is 0. The zero-order valence-corrected chi connectivity index (χ0v) is 17.6. The number of unbranched alkanes of at least 4 members (excludes halogenated alkanes) is 1. The molecule has 1 aromatic rings. The van der Waals surface area contributed by atoms with Gasteiger partial charge >= 0.3 is 0 Å². The van der Waals surface area contributed by atoms with Crippen molar-refractivity contribution in [1.82, 2.24) is 20.0 Å². The highest BCUT2D eigenvalue weighted by atomic mass is 127. The molecule has 142 valence electrons. The molecule has 1 N–H and O–H groups in total. The largest absolute Gasteiger partial charge is 0.382 e. The Kier molecular flexibility index (Phi) is 9.79. The average Bonchev–Trinajstić information content (AvgIpc) is 3.00. The van der Waals surface area contributed by atoms with Gasteiger partial charge in [0.1, 0.15) is 6.54 Å². The van der Waals surface area contributed by atoms with Crippen LogP contribution in [0.15, 0.2) is 17.4 Å². The number of carbonyl (C=O) groups excluding carboxylic acids is 1. The van der Waals surface area contributed by atoms with Gasteiger partial charge in [-0.15, -0.1) is 24.0 Å². The smallest absolute Gasteiger partial charge is 0.246 e. The molecule has 1 amide bonds. The molecule has 9 heteroatoms. The molecule has 1 aliphatic heterocycles. The van der Waals surface area contributed by atoms with Crippen molar-refractivity contribution in [3.8, 4) is 0 Å². The summed E-state index contributed by atoms with van der Waals surface area (Å²) in [6.45, 7) is 6.10. The molecular weight excluding hydrogens is 435 g/mol. The van der Waals surface area contributed by atoms with Crippen molar-refractivity contribution in [3.63, 3.8) is 0 Å². The highest BCUT2D eigenvalue weighted by molar-refractivity contribution is 14.0. The Hall–Kier alpha value is -1.36. The number of nitrogens with zero attached hydrogens (tertiary/aromatic N) is 5. The van der Waals surface area contributed by atoms with Gasteiger partial charge in [0.25, 0.3) is 0 Å². The topological polar surface area (TPSA) is 75.0 Å². The fourth-order valence-electron chi connectivity index (χ4n) is 2.68. The minimum atomic E-state index is 0. The number of amides is 1. The molecule has 1 aliphatic rings. The first-order valence-corrected chi connectivity index (χ1v) is 8.48. The van der Waals surface area contributed by atoms with E-state index in [2.05, 4.69) is 15.4 Å². The van der Waals surface area contributed by atoms with E-state index in [0.717, 1.165) is 50.8 Å². The van der Waals surface area contributed by atoms with Crippen LogP contribution in [-0.2, 0) is 16.6 Å². The van der Waals surface area contributed by atoms with Crippen LogP contribution in [0.3, 0.4) is 0 Å². The normalized spacial score (nSPS) is 15.3. The Balaban J connectivity index is 0.00000312. The van der Waals surface area contributed by atoms with Crippen molar-refractivity contribution in [2.75, 3.05) is 51.3 Å². The third-order valence-corrected chi connectivity index (χ3v) is 3.94. The number of carbonyl (C=O) groups is 1.